The number of thiazole rings is 1. The molecule has 1 heterocycles. The van der Waals surface area contributed by atoms with Gasteiger partial charge in [-0.05, 0) is 25.7 Å². The van der Waals surface area contributed by atoms with Crippen molar-refractivity contribution in [2.24, 2.45) is 34.5 Å². The Morgan fingerprint density at radius 3 is 2.42 bits per heavy atom. The summed E-state index contributed by atoms with van der Waals surface area (Å²) in [5.41, 5.74) is 9.13. The molecule has 8 atom stereocenters. The van der Waals surface area contributed by atoms with Gasteiger partial charge < -0.3 is 37.8 Å². The third-order valence-corrected chi connectivity index (χ3v) is 10.7. The van der Waals surface area contributed by atoms with Crippen molar-refractivity contribution in [3.63, 3.8) is 0 Å². The number of amides is 1. The SMILES string of the molecule is CN(C)[C@@H]1C(=O)C(C(N)=O)C(=O)[C@@]2(C#N)C(=O)C3C(=O)c4c(ccc(Nc5nc(-c6cccc([N+](=O)[O-])c6)cs5)c4O)[C@H](O)[C@@]3(N)[C@H](O)[C@@]12N. The number of primary amides is 1. The number of non-ortho nitro benzene ring substituents is 1. The van der Waals surface area contributed by atoms with Crippen molar-refractivity contribution >= 4 is 56.9 Å². The van der Waals surface area contributed by atoms with Crippen LogP contribution in [0.5, 0.6) is 5.75 Å². The summed E-state index contributed by atoms with van der Waals surface area (Å²) in [6.07, 6.45) is -4.65. The second-order valence-electron chi connectivity index (χ2n) is 12.6. The number of aromatic nitrogens is 1. The minimum atomic E-state index is -3.25. The van der Waals surface area contributed by atoms with Crippen LogP contribution in [0.2, 0.25) is 0 Å². The van der Waals surface area contributed by atoms with Crippen LogP contribution in [0.4, 0.5) is 16.5 Å². The van der Waals surface area contributed by atoms with E-state index in [4.69, 9.17) is 17.2 Å². The highest BCUT2D eigenvalue weighted by Gasteiger charge is 2.83. The maximum Gasteiger partial charge on any atom is 0.270 e. The lowest BCUT2D eigenvalue weighted by Crippen LogP contribution is -2.91. The fourth-order valence-electron chi connectivity index (χ4n) is 7.64. The minimum absolute atomic E-state index is 0.151. The number of hydrogen-bond acceptors (Lipinski definition) is 17. The van der Waals surface area contributed by atoms with E-state index in [0.717, 1.165) is 16.2 Å². The third kappa shape index (κ3) is 4.17. The van der Waals surface area contributed by atoms with Crippen molar-refractivity contribution in [2.45, 2.75) is 29.3 Å². The van der Waals surface area contributed by atoms with Crippen molar-refractivity contribution < 1.29 is 44.2 Å². The van der Waals surface area contributed by atoms with E-state index in [1.807, 2.05) is 0 Å². The number of anilines is 2. The first-order valence-corrected chi connectivity index (χ1v) is 15.6. The number of nitrogens with two attached hydrogens (primary N) is 3. The average molecular weight is 705 g/mol. The van der Waals surface area contributed by atoms with Crippen molar-refractivity contribution in [1.29, 1.82) is 5.26 Å². The molecular formula is C31H28N8O10S. The molecule has 3 aliphatic rings. The van der Waals surface area contributed by atoms with Crippen LogP contribution in [0.15, 0.2) is 41.8 Å². The van der Waals surface area contributed by atoms with E-state index in [1.165, 1.54) is 50.5 Å². The Bertz CT molecular complexity index is 2110. The largest absolute Gasteiger partial charge is 0.505 e. The lowest BCUT2D eigenvalue weighted by Gasteiger charge is -2.63. The number of aromatic hydroxyl groups is 1. The molecule has 258 valence electrons. The number of carbonyl (C=O) groups excluding carboxylic acids is 5. The normalized spacial score (nSPS) is 31.8. The van der Waals surface area contributed by atoms with E-state index in [9.17, 15) is 54.7 Å². The number of nitrogens with one attached hydrogen (secondary N) is 1. The molecule has 2 fully saturated rings. The Kier molecular flexibility index (Phi) is 7.75. The van der Waals surface area contributed by atoms with Crippen LogP contribution < -0.4 is 22.5 Å². The number of fused-ring (bicyclic) bond motifs is 3. The first kappa shape index (κ1) is 34.4. The maximum absolute atomic E-state index is 14.5. The summed E-state index contributed by atoms with van der Waals surface area (Å²) in [4.78, 5) is 84.7. The molecule has 18 nitrogen and oxygen atoms in total. The summed E-state index contributed by atoms with van der Waals surface area (Å²) in [7, 11) is 2.53. The molecule has 50 heavy (non-hydrogen) atoms. The maximum atomic E-state index is 14.5. The number of nitro groups is 1. The highest BCUT2D eigenvalue weighted by molar-refractivity contribution is 7.14. The Morgan fingerprint density at radius 2 is 1.82 bits per heavy atom. The molecule has 3 aliphatic carbocycles. The van der Waals surface area contributed by atoms with Crippen LogP contribution in [0.3, 0.4) is 0 Å². The number of aliphatic hydroxyl groups is 2. The molecule has 1 amide bonds. The summed E-state index contributed by atoms with van der Waals surface area (Å²) in [6, 6.07) is 7.70. The number of hydrogen-bond donors (Lipinski definition) is 7. The number of benzene rings is 2. The number of phenolic OH excluding ortho intramolecular Hbond substituents is 1. The number of aliphatic hydroxyl groups excluding tert-OH is 2. The van der Waals surface area contributed by atoms with Gasteiger partial charge in [-0.15, -0.1) is 11.3 Å². The first-order chi connectivity index (χ1) is 23.4. The summed E-state index contributed by atoms with van der Waals surface area (Å²) in [5, 5.41) is 61.3. The number of nitriles is 1. The Hall–Kier alpha value is -5.49. The molecule has 10 N–H and O–H groups in total. The molecular weight excluding hydrogens is 676 g/mol. The second-order valence-corrected chi connectivity index (χ2v) is 13.5. The molecule has 19 heteroatoms. The lowest BCUT2D eigenvalue weighted by molar-refractivity contribution is -0.384. The van der Waals surface area contributed by atoms with Gasteiger partial charge in [0, 0.05) is 23.1 Å². The average Bonchev–Trinajstić information content (AvgIpc) is 3.52. The number of rotatable bonds is 6. The number of nitrogens with zero attached hydrogens (tertiary/aromatic N) is 4. The van der Waals surface area contributed by atoms with Crippen LogP contribution in [0.25, 0.3) is 11.3 Å². The zero-order valence-electron chi connectivity index (χ0n) is 26.1. The van der Waals surface area contributed by atoms with Gasteiger partial charge in [0.1, 0.15) is 17.8 Å². The van der Waals surface area contributed by atoms with E-state index in [-0.39, 0.29) is 22.1 Å². The van der Waals surface area contributed by atoms with E-state index < -0.39 is 91.9 Å². The number of carbonyl (C=O) groups is 5. The van der Waals surface area contributed by atoms with Crippen LogP contribution in [-0.4, -0.2) is 96.5 Å². The number of phenols is 1. The van der Waals surface area contributed by atoms with Crippen molar-refractivity contribution in [3.8, 4) is 23.1 Å². The van der Waals surface area contributed by atoms with Gasteiger partial charge in [0.2, 0.25) is 5.91 Å². The quantitative estimate of drug-likeness (QED) is 0.0703. The van der Waals surface area contributed by atoms with Gasteiger partial charge in [-0.25, -0.2) is 4.98 Å². The van der Waals surface area contributed by atoms with Gasteiger partial charge in [-0.1, -0.05) is 18.2 Å². The molecule has 1 aromatic heterocycles. The Morgan fingerprint density at radius 1 is 1.14 bits per heavy atom. The van der Waals surface area contributed by atoms with Gasteiger partial charge >= 0.3 is 0 Å². The molecule has 2 aromatic carbocycles. The smallest absolute Gasteiger partial charge is 0.270 e. The summed E-state index contributed by atoms with van der Waals surface area (Å²) in [5.74, 6) is -12.8. The van der Waals surface area contributed by atoms with Crippen LogP contribution in [-0.2, 0) is 19.2 Å². The molecule has 0 spiro atoms. The number of likely N-dealkylation sites (N-methyl/N-ethyl adjacent to an activating group) is 1. The molecule has 0 aliphatic heterocycles. The lowest BCUT2D eigenvalue weighted by atomic mass is 9.41. The summed E-state index contributed by atoms with van der Waals surface area (Å²) >= 11 is 1.04. The molecule has 2 unspecified atom stereocenters. The standard InChI is InChI=1S/C31H28N8O10S/c1-38(2)22-21(42)17(26(33)46)24(44)29(10-32)25(45)18-20(41)16-13(23(43)30(18,34)27(47)31(22,29)35)6-7-14(19(16)40)36-28-37-15(9-50-28)11-4-3-5-12(8-11)39(48)49/h3-9,17-18,22-23,27,40,43,47H,34-35H2,1-2H3,(H2,33,46)(H,36,37)/t17?,18?,22-,23+,27+,29+,30-,31+/m1/s1. The zero-order chi connectivity index (χ0) is 36.8. The monoisotopic (exact) mass is 704 g/mol. The molecule has 0 bridgehead atoms. The summed E-state index contributed by atoms with van der Waals surface area (Å²) < 4.78 is 0. The minimum Gasteiger partial charge on any atom is -0.505 e. The fraction of sp³-hybridized carbons (Fsp3) is 0.323. The third-order valence-electron chi connectivity index (χ3n) is 9.90. The van der Waals surface area contributed by atoms with E-state index in [0.29, 0.717) is 11.3 Å². The van der Waals surface area contributed by atoms with E-state index in [2.05, 4.69) is 10.3 Å². The molecule has 0 saturated heterocycles. The highest BCUT2D eigenvalue weighted by atomic mass is 32.1. The molecule has 6 rings (SSSR count). The van der Waals surface area contributed by atoms with Gasteiger partial charge in [-0.3, -0.25) is 39.0 Å². The first-order valence-electron chi connectivity index (χ1n) is 14.7. The Labute approximate surface area is 285 Å². The fourth-order valence-corrected chi connectivity index (χ4v) is 8.37. The van der Waals surface area contributed by atoms with Gasteiger partial charge in [-0.2, -0.15) is 5.26 Å². The van der Waals surface area contributed by atoms with E-state index in [1.54, 1.807) is 11.4 Å². The predicted molar refractivity (Wildman–Crippen MR) is 171 cm³/mol. The van der Waals surface area contributed by atoms with Crippen molar-refractivity contribution in [2.75, 3.05) is 19.4 Å². The van der Waals surface area contributed by atoms with Crippen LogP contribution >= 0.6 is 11.3 Å². The number of nitro benzene ring substituents is 1. The zero-order valence-corrected chi connectivity index (χ0v) is 26.9. The predicted octanol–water partition coefficient (Wildman–Crippen LogP) is -0.955. The van der Waals surface area contributed by atoms with E-state index >= 15 is 0 Å². The van der Waals surface area contributed by atoms with Crippen molar-refractivity contribution in [3.05, 3.63) is 63.0 Å². The number of ketones is 4. The molecule has 2 saturated carbocycles. The van der Waals surface area contributed by atoms with Crippen LogP contribution in [0, 0.1) is 38.7 Å². The van der Waals surface area contributed by atoms with Crippen molar-refractivity contribution in [1.82, 2.24) is 9.88 Å². The van der Waals surface area contributed by atoms with Gasteiger partial charge in [0.05, 0.1) is 51.2 Å². The highest BCUT2D eigenvalue weighted by Crippen LogP contribution is 2.59. The van der Waals surface area contributed by atoms with Crippen LogP contribution in [0.1, 0.15) is 22.0 Å². The van der Waals surface area contributed by atoms with Gasteiger partial charge in [0.25, 0.3) is 5.69 Å². The number of Topliss-reactive ketones (excluding diaryl/α,β-unsaturated/α-hetero) is 4. The topological polar surface area (TPSA) is 319 Å². The summed E-state index contributed by atoms with van der Waals surface area (Å²) in [6.45, 7) is 0. The molecule has 3 aromatic rings. The van der Waals surface area contributed by atoms with Gasteiger partial charge in [0.15, 0.2) is 39.6 Å². The Balaban J connectivity index is 1.46. The molecule has 0 radical (unpaired) electrons. The second kappa shape index (κ2) is 11.3.